The number of piperidine rings is 1. The fourth-order valence-corrected chi connectivity index (χ4v) is 4.77. The SMILES string of the molecule is COc1cc(C(=O)N2CCCC(C(=O)Nc3ccc(Oc4ccc(S(F)(F)(F)(F)F)cc4)cc3)C2)ccc1O. The molecule has 0 saturated carbocycles. The lowest BCUT2D eigenvalue weighted by Crippen LogP contribution is -2.43. The second kappa shape index (κ2) is 9.63. The van der Waals surface area contributed by atoms with Crippen molar-refractivity contribution >= 4 is 27.7 Å². The quantitative estimate of drug-likeness (QED) is 0.289. The van der Waals surface area contributed by atoms with E-state index in [-0.39, 0.29) is 53.5 Å². The number of methoxy groups -OCH3 is 1. The van der Waals surface area contributed by atoms with Crippen LogP contribution < -0.4 is 14.8 Å². The normalized spacial score (nSPS) is 17.5. The standard InChI is InChI=1S/C26H25F5N2O5S/c1-37-24-15-17(4-13-23(24)34)26(36)33-14-2-3-18(16-33)25(35)32-19-5-7-20(8-6-19)38-21-9-11-22(12-10-21)39(27,28,29,30)31/h4-13,15,18,34H,2-3,14,16H2,1H3,(H,32,35). The Balaban J connectivity index is 1.35. The molecular weight excluding hydrogens is 547 g/mol. The number of nitrogens with zero attached hydrogens (tertiary/aromatic N) is 1. The van der Waals surface area contributed by atoms with E-state index < -0.39 is 21.0 Å². The van der Waals surface area contributed by atoms with Gasteiger partial charge in [-0.15, -0.1) is 0 Å². The van der Waals surface area contributed by atoms with E-state index in [2.05, 4.69) is 5.32 Å². The van der Waals surface area contributed by atoms with E-state index >= 15 is 0 Å². The van der Waals surface area contributed by atoms with Gasteiger partial charge in [-0.25, -0.2) is 0 Å². The Morgan fingerprint density at radius 1 is 0.949 bits per heavy atom. The van der Waals surface area contributed by atoms with Crippen molar-refractivity contribution in [2.24, 2.45) is 5.92 Å². The minimum atomic E-state index is -9.76. The summed E-state index contributed by atoms with van der Waals surface area (Å²) < 4.78 is 74.8. The maximum absolute atomic E-state index is 12.9. The van der Waals surface area contributed by atoms with Gasteiger partial charge < -0.3 is 24.8 Å². The van der Waals surface area contributed by atoms with Crippen LogP contribution in [0.25, 0.3) is 0 Å². The first-order chi connectivity index (χ1) is 18.1. The summed E-state index contributed by atoms with van der Waals surface area (Å²) >= 11 is 0. The van der Waals surface area contributed by atoms with Crippen molar-refractivity contribution in [2.75, 3.05) is 25.5 Å². The van der Waals surface area contributed by atoms with Gasteiger partial charge in [-0.2, -0.15) is 0 Å². The third-order valence-electron chi connectivity index (χ3n) is 6.13. The number of nitrogens with one attached hydrogen (secondary N) is 1. The molecule has 1 atom stereocenters. The summed E-state index contributed by atoms with van der Waals surface area (Å²) in [5.41, 5.74) is 0.750. The molecule has 1 saturated heterocycles. The van der Waals surface area contributed by atoms with E-state index in [1.54, 1.807) is 4.90 Å². The van der Waals surface area contributed by atoms with Crippen molar-refractivity contribution < 1.29 is 43.6 Å². The Labute approximate surface area is 220 Å². The predicted octanol–water partition coefficient (Wildman–Crippen LogP) is 7.34. The average molecular weight is 573 g/mol. The largest absolute Gasteiger partial charge is 0.504 e. The third kappa shape index (κ3) is 6.91. The number of phenolic OH excluding ortho intramolecular Hbond substituents is 1. The molecule has 39 heavy (non-hydrogen) atoms. The maximum Gasteiger partial charge on any atom is 0.310 e. The van der Waals surface area contributed by atoms with Gasteiger partial charge in [0, 0.05) is 24.3 Å². The predicted molar refractivity (Wildman–Crippen MR) is 136 cm³/mol. The number of ether oxygens (including phenoxy) is 2. The topological polar surface area (TPSA) is 88.1 Å². The van der Waals surface area contributed by atoms with Gasteiger partial charge in [-0.3, -0.25) is 9.59 Å². The zero-order chi connectivity index (χ0) is 28.5. The minimum absolute atomic E-state index is 0.0735. The summed E-state index contributed by atoms with van der Waals surface area (Å²) in [4.78, 5) is 25.4. The van der Waals surface area contributed by atoms with Gasteiger partial charge in [0.05, 0.1) is 13.0 Å². The second-order valence-corrected chi connectivity index (χ2v) is 11.4. The molecule has 2 amide bonds. The first-order valence-corrected chi connectivity index (χ1v) is 13.7. The molecule has 1 aliphatic rings. The van der Waals surface area contributed by atoms with E-state index in [0.29, 0.717) is 30.6 Å². The summed E-state index contributed by atoms with van der Waals surface area (Å²) in [7, 11) is -8.38. The molecule has 1 fully saturated rings. The van der Waals surface area contributed by atoms with Crippen LogP contribution in [0.1, 0.15) is 23.2 Å². The Kier molecular flexibility index (Phi) is 6.92. The summed E-state index contributed by atoms with van der Waals surface area (Å²) in [5, 5.41) is 12.5. The minimum Gasteiger partial charge on any atom is -0.504 e. The van der Waals surface area contributed by atoms with Crippen LogP contribution in [0.4, 0.5) is 25.1 Å². The average Bonchev–Trinajstić information content (AvgIpc) is 2.89. The van der Waals surface area contributed by atoms with Crippen molar-refractivity contribution in [1.82, 2.24) is 4.90 Å². The van der Waals surface area contributed by atoms with E-state index in [1.165, 1.54) is 49.6 Å². The van der Waals surface area contributed by atoms with Crippen molar-refractivity contribution in [3.63, 3.8) is 0 Å². The zero-order valence-electron chi connectivity index (χ0n) is 20.6. The van der Waals surface area contributed by atoms with Crippen LogP contribution in [0, 0.1) is 5.92 Å². The van der Waals surface area contributed by atoms with Crippen LogP contribution >= 0.6 is 10.2 Å². The van der Waals surface area contributed by atoms with Crippen LogP contribution in [0.2, 0.25) is 0 Å². The number of hydrogen-bond acceptors (Lipinski definition) is 5. The number of hydrogen-bond donors (Lipinski definition) is 2. The van der Waals surface area contributed by atoms with Crippen molar-refractivity contribution in [2.45, 2.75) is 17.7 Å². The number of phenols is 1. The lowest BCUT2D eigenvalue weighted by molar-refractivity contribution is -0.121. The molecule has 3 aromatic rings. The molecule has 1 aliphatic heterocycles. The van der Waals surface area contributed by atoms with E-state index in [4.69, 9.17) is 9.47 Å². The molecule has 210 valence electrons. The summed E-state index contributed by atoms with van der Waals surface area (Å²) in [5.74, 6) is -0.836. The number of likely N-dealkylation sites (tertiary alicyclic amines) is 1. The number of carbonyl (C=O) groups is 2. The van der Waals surface area contributed by atoms with Crippen LogP contribution in [-0.2, 0) is 4.79 Å². The fraction of sp³-hybridized carbons (Fsp3) is 0.231. The Morgan fingerprint density at radius 3 is 2.15 bits per heavy atom. The molecule has 2 N–H and O–H groups in total. The highest BCUT2D eigenvalue weighted by molar-refractivity contribution is 8.45. The zero-order valence-corrected chi connectivity index (χ0v) is 21.4. The van der Waals surface area contributed by atoms with Crippen molar-refractivity contribution in [3.05, 3.63) is 72.3 Å². The Bertz CT molecular complexity index is 1380. The summed E-state index contributed by atoms with van der Waals surface area (Å²) in [6.45, 7) is 0.672. The lowest BCUT2D eigenvalue weighted by Gasteiger charge is -2.40. The molecular formula is C26H25F5N2O5S. The van der Waals surface area contributed by atoms with Gasteiger partial charge in [-0.05, 0) is 79.6 Å². The molecule has 0 bridgehead atoms. The number of amides is 2. The highest BCUT2D eigenvalue weighted by Gasteiger charge is 2.65. The van der Waals surface area contributed by atoms with E-state index in [9.17, 15) is 34.1 Å². The molecule has 3 aromatic carbocycles. The molecule has 1 unspecified atom stereocenters. The van der Waals surface area contributed by atoms with Gasteiger partial charge in [0.25, 0.3) is 5.91 Å². The van der Waals surface area contributed by atoms with Gasteiger partial charge in [0.15, 0.2) is 11.5 Å². The first kappa shape index (κ1) is 28.0. The highest BCUT2D eigenvalue weighted by atomic mass is 32.5. The lowest BCUT2D eigenvalue weighted by atomic mass is 9.96. The second-order valence-electron chi connectivity index (χ2n) is 9.03. The molecule has 0 radical (unpaired) electrons. The summed E-state index contributed by atoms with van der Waals surface area (Å²) in [6.07, 6.45) is 1.19. The maximum atomic E-state index is 12.9. The van der Waals surface area contributed by atoms with Gasteiger partial charge in [0.2, 0.25) is 5.91 Å². The van der Waals surface area contributed by atoms with Gasteiger partial charge in [-0.1, -0.05) is 19.4 Å². The van der Waals surface area contributed by atoms with Crippen LogP contribution in [0.3, 0.4) is 0 Å². The Morgan fingerprint density at radius 2 is 1.56 bits per heavy atom. The van der Waals surface area contributed by atoms with Crippen LogP contribution in [0.15, 0.2) is 71.6 Å². The van der Waals surface area contributed by atoms with Gasteiger partial charge in [0.1, 0.15) is 16.4 Å². The third-order valence-corrected chi connectivity index (χ3v) is 7.30. The molecule has 4 rings (SSSR count). The molecule has 0 aromatic heterocycles. The number of anilines is 1. The smallest absolute Gasteiger partial charge is 0.310 e. The number of aromatic hydroxyl groups is 1. The van der Waals surface area contributed by atoms with Crippen molar-refractivity contribution in [1.29, 1.82) is 0 Å². The molecule has 13 heteroatoms. The van der Waals surface area contributed by atoms with Crippen molar-refractivity contribution in [3.8, 4) is 23.0 Å². The number of rotatable bonds is 7. The number of carbonyl (C=O) groups excluding carboxylic acids is 2. The number of benzene rings is 3. The molecule has 0 spiro atoms. The van der Waals surface area contributed by atoms with E-state index in [0.717, 1.165) is 12.1 Å². The highest BCUT2D eigenvalue weighted by Crippen LogP contribution is 3.02. The fourth-order valence-electron chi connectivity index (χ4n) is 4.12. The molecule has 1 heterocycles. The van der Waals surface area contributed by atoms with E-state index in [1.807, 2.05) is 0 Å². The van der Waals surface area contributed by atoms with Crippen LogP contribution in [0.5, 0.6) is 23.0 Å². The number of halogens is 5. The molecule has 7 nitrogen and oxygen atoms in total. The van der Waals surface area contributed by atoms with Gasteiger partial charge >= 0.3 is 10.2 Å². The monoisotopic (exact) mass is 572 g/mol. The van der Waals surface area contributed by atoms with Crippen LogP contribution in [-0.4, -0.2) is 42.0 Å². The summed E-state index contributed by atoms with van der Waals surface area (Å²) in [6, 6.07) is 12.4. The Hall–Kier alpha value is -4.00. The molecule has 0 aliphatic carbocycles. The first-order valence-electron chi connectivity index (χ1n) is 11.7.